The summed E-state index contributed by atoms with van der Waals surface area (Å²) >= 11 is 0. The Morgan fingerprint density at radius 2 is 1.79 bits per heavy atom. The van der Waals surface area contributed by atoms with Crippen LogP contribution in [0.25, 0.3) is 0 Å². The third-order valence-corrected chi connectivity index (χ3v) is 5.74. The minimum Gasteiger partial charge on any atom is -0.489 e. The first kappa shape index (κ1) is 16.9. The SMILES string of the molecule is O=S(=O)(c1ccc(OCc2cccc(F)c2)cc1)N1CCNCC1. The number of hydrogen-bond donors (Lipinski definition) is 1. The van der Waals surface area contributed by atoms with Gasteiger partial charge in [-0.05, 0) is 42.0 Å². The van der Waals surface area contributed by atoms with Gasteiger partial charge in [-0.2, -0.15) is 4.31 Å². The summed E-state index contributed by atoms with van der Waals surface area (Å²) in [6.45, 7) is 2.49. The van der Waals surface area contributed by atoms with E-state index in [1.165, 1.54) is 28.6 Å². The average Bonchev–Trinajstić information content (AvgIpc) is 2.61. The van der Waals surface area contributed by atoms with Crippen LogP contribution in [-0.2, 0) is 16.6 Å². The van der Waals surface area contributed by atoms with E-state index in [1.54, 1.807) is 24.3 Å². The summed E-state index contributed by atoms with van der Waals surface area (Å²) in [6, 6.07) is 12.5. The molecule has 128 valence electrons. The molecule has 2 aromatic rings. The molecule has 5 nitrogen and oxygen atoms in total. The van der Waals surface area contributed by atoms with Crippen molar-refractivity contribution < 1.29 is 17.5 Å². The highest BCUT2D eigenvalue weighted by Crippen LogP contribution is 2.20. The zero-order valence-electron chi connectivity index (χ0n) is 13.1. The maximum atomic E-state index is 13.1. The fraction of sp³-hybridized carbons (Fsp3) is 0.294. The number of nitrogens with one attached hydrogen (secondary N) is 1. The van der Waals surface area contributed by atoms with Gasteiger partial charge in [0.05, 0.1) is 4.90 Å². The molecule has 7 heteroatoms. The molecule has 24 heavy (non-hydrogen) atoms. The third kappa shape index (κ3) is 3.92. The fourth-order valence-electron chi connectivity index (χ4n) is 2.54. The van der Waals surface area contributed by atoms with Gasteiger partial charge in [0.15, 0.2) is 0 Å². The smallest absolute Gasteiger partial charge is 0.243 e. The number of rotatable bonds is 5. The predicted molar refractivity (Wildman–Crippen MR) is 88.8 cm³/mol. The van der Waals surface area contributed by atoms with Gasteiger partial charge < -0.3 is 10.1 Å². The maximum absolute atomic E-state index is 13.1. The molecule has 1 aliphatic rings. The van der Waals surface area contributed by atoms with E-state index in [0.717, 1.165) is 0 Å². The molecule has 1 fully saturated rings. The molecule has 0 aliphatic carbocycles. The molecule has 3 rings (SSSR count). The van der Waals surface area contributed by atoms with Gasteiger partial charge in [-0.3, -0.25) is 0 Å². The molecule has 0 bridgehead atoms. The normalized spacial score (nSPS) is 16.0. The first-order chi connectivity index (χ1) is 11.6. The van der Waals surface area contributed by atoms with Gasteiger partial charge >= 0.3 is 0 Å². The molecule has 0 aromatic heterocycles. The molecular formula is C17H19FN2O3S. The summed E-state index contributed by atoms with van der Waals surface area (Å²) in [7, 11) is -3.46. The van der Waals surface area contributed by atoms with Crippen molar-refractivity contribution in [2.45, 2.75) is 11.5 Å². The van der Waals surface area contributed by atoms with E-state index in [-0.39, 0.29) is 17.3 Å². The Bertz CT molecular complexity index is 788. The topological polar surface area (TPSA) is 58.6 Å². The van der Waals surface area contributed by atoms with Crippen molar-refractivity contribution in [2.24, 2.45) is 0 Å². The largest absolute Gasteiger partial charge is 0.489 e. The van der Waals surface area contributed by atoms with Crippen LogP contribution in [0, 0.1) is 5.82 Å². The van der Waals surface area contributed by atoms with E-state index in [0.29, 0.717) is 37.5 Å². The highest BCUT2D eigenvalue weighted by Gasteiger charge is 2.25. The highest BCUT2D eigenvalue weighted by molar-refractivity contribution is 7.89. The molecule has 1 saturated heterocycles. The number of sulfonamides is 1. The minimum absolute atomic E-state index is 0.224. The van der Waals surface area contributed by atoms with E-state index >= 15 is 0 Å². The van der Waals surface area contributed by atoms with Crippen LogP contribution in [0.5, 0.6) is 5.75 Å². The van der Waals surface area contributed by atoms with Gasteiger partial charge in [0, 0.05) is 26.2 Å². The van der Waals surface area contributed by atoms with E-state index < -0.39 is 10.0 Å². The lowest BCUT2D eigenvalue weighted by Crippen LogP contribution is -2.46. The number of piperazine rings is 1. The molecule has 0 unspecified atom stereocenters. The maximum Gasteiger partial charge on any atom is 0.243 e. The standard InChI is InChI=1S/C17H19FN2O3S/c18-15-3-1-2-14(12-15)13-23-16-4-6-17(7-5-16)24(21,22)20-10-8-19-9-11-20/h1-7,12,19H,8-11,13H2. The average molecular weight is 350 g/mol. The van der Waals surface area contributed by atoms with Crippen molar-refractivity contribution in [1.29, 1.82) is 0 Å². The van der Waals surface area contributed by atoms with Crippen LogP contribution in [0.1, 0.15) is 5.56 Å². The summed E-state index contributed by atoms with van der Waals surface area (Å²) in [4.78, 5) is 0.252. The van der Waals surface area contributed by atoms with Crippen molar-refractivity contribution in [3.8, 4) is 5.75 Å². The van der Waals surface area contributed by atoms with Crippen LogP contribution in [-0.4, -0.2) is 38.9 Å². The summed E-state index contributed by atoms with van der Waals surface area (Å²) < 4.78 is 45.2. The molecule has 0 amide bonds. The van der Waals surface area contributed by atoms with Crippen molar-refractivity contribution in [3.63, 3.8) is 0 Å². The molecule has 2 aromatic carbocycles. The molecule has 1 N–H and O–H groups in total. The highest BCUT2D eigenvalue weighted by atomic mass is 32.2. The molecule has 0 spiro atoms. The summed E-state index contributed by atoms with van der Waals surface area (Å²) in [6.07, 6.45) is 0. The summed E-state index contributed by atoms with van der Waals surface area (Å²) in [5.41, 5.74) is 0.715. The number of benzene rings is 2. The van der Waals surface area contributed by atoms with E-state index in [1.807, 2.05) is 0 Å². The van der Waals surface area contributed by atoms with Gasteiger partial charge in [-0.25, -0.2) is 12.8 Å². The van der Waals surface area contributed by atoms with Crippen LogP contribution in [0.3, 0.4) is 0 Å². The fourth-order valence-corrected chi connectivity index (χ4v) is 3.98. The van der Waals surface area contributed by atoms with Gasteiger partial charge in [-0.15, -0.1) is 0 Å². The Morgan fingerprint density at radius 3 is 2.46 bits per heavy atom. The quantitative estimate of drug-likeness (QED) is 0.896. The zero-order chi connectivity index (χ0) is 17.0. The number of halogens is 1. The lowest BCUT2D eigenvalue weighted by molar-refractivity contribution is 0.305. The second kappa shape index (κ2) is 7.29. The van der Waals surface area contributed by atoms with E-state index in [4.69, 9.17) is 4.74 Å². The van der Waals surface area contributed by atoms with Crippen molar-refractivity contribution in [1.82, 2.24) is 9.62 Å². The van der Waals surface area contributed by atoms with Crippen LogP contribution < -0.4 is 10.1 Å². The van der Waals surface area contributed by atoms with Crippen LogP contribution in [0.15, 0.2) is 53.4 Å². The first-order valence-electron chi connectivity index (χ1n) is 7.74. The number of hydrogen-bond acceptors (Lipinski definition) is 4. The Labute approximate surface area is 141 Å². The molecular weight excluding hydrogens is 331 g/mol. The number of ether oxygens (including phenoxy) is 1. The molecule has 0 radical (unpaired) electrons. The van der Waals surface area contributed by atoms with Crippen molar-refractivity contribution >= 4 is 10.0 Å². The third-order valence-electron chi connectivity index (χ3n) is 3.83. The lowest BCUT2D eigenvalue weighted by Gasteiger charge is -2.26. The van der Waals surface area contributed by atoms with E-state index in [2.05, 4.69) is 5.32 Å². The van der Waals surface area contributed by atoms with Crippen LogP contribution in [0.4, 0.5) is 4.39 Å². The monoisotopic (exact) mass is 350 g/mol. The minimum atomic E-state index is -3.46. The van der Waals surface area contributed by atoms with Crippen LogP contribution >= 0.6 is 0 Å². The Balaban J connectivity index is 1.66. The molecule has 1 heterocycles. The summed E-state index contributed by atoms with van der Waals surface area (Å²) in [5, 5.41) is 3.13. The van der Waals surface area contributed by atoms with Gasteiger partial charge in [0.25, 0.3) is 0 Å². The van der Waals surface area contributed by atoms with Crippen LogP contribution in [0.2, 0.25) is 0 Å². The van der Waals surface area contributed by atoms with Gasteiger partial charge in [0.2, 0.25) is 10.0 Å². The Morgan fingerprint density at radius 1 is 1.08 bits per heavy atom. The van der Waals surface area contributed by atoms with Crippen molar-refractivity contribution in [2.75, 3.05) is 26.2 Å². The predicted octanol–water partition coefficient (Wildman–Crippen LogP) is 2.00. The second-order valence-corrected chi connectivity index (χ2v) is 7.48. The zero-order valence-corrected chi connectivity index (χ0v) is 13.9. The molecule has 0 saturated carbocycles. The molecule has 1 aliphatic heterocycles. The van der Waals surface area contributed by atoms with Gasteiger partial charge in [-0.1, -0.05) is 12.1 Å². The first-order valence-corrected chi connectivity index (χ1v) is 9.18. The second-order valence-electron chi connectivity index (χ2n) is 5.54. The van der Waals surface area contributed by atoms with E-state index in [9.17, 15) is 12.8 Å². The van der Waals surface area contributed by atoms with Gasteiger partial charge in [0.1, 0.15) is 18.2 Å². The van der Waals surface area contributed by atoms with Crippen molar-refractivity contribution in [3.05, 3.63) is 59.9 Å². The number of nitrogens with zero attached hydrogens (tertiary/aromatic N) is 1. The molecule has 0 atom stereocenters. The lowest BCUT2D eigenvalue weighted by atomic mass is 10.2. The Kier molecular flexibility index (Phi) is 5.13. The summed E-state index contributed by atoms with van der Waals surface area (Å²) in [5.74, 6) is 0.229. The Hall–Kier alpha value is -1.96.